The monoisotopic (exact) mass is 674 g/mol. The number of carbonyl (C=O) groups is 3. The van der Waals surface area contributed by atoms with Crippen LogP contribution >= 0.6 is 0 Å². The Balaban J connectivity index is 2.32. The number of aliphatic hydroxyl groups excluding tert-OH is 1. The molecular weight excluding hydrogens is 624 g/mol. The highest BCUT2D eigenvalue weighted by molar-refractivity contribution is 6.07. The van der Waals surface area contributed by atoms with Crippen LogP contribution in [0.4, 0.5) is 10.5 Å². The highest BCUT2D eigenvalue weighted by atomic mass is 16.7. The zero-order chi connectivity index (χ0) is 35.9. The molecule has 0 fully saturated rings. The Morgan fingerprint density at radius 3 is 2.31 bits per heavy atom. The van der Waals surface area contributed by atoms with Crippen LogP contribution in [0, 0.1) is 11.8 Å². The lowest BCUT2D eigenvalue weighted by atomic mass is 9.87. The fraction of sp³-hybridized carbons (Fsp3) is 0.571. The molecular formula is C35H50N2O11. The molecule has 266 valence electrons. The van der Waals surface area contributed by atoms with E-state index in [1.54, 1.807) is 45.1 Å². The molecule has 0 unspecified atom stereocenters. The van der Waals surface area contributed by atoms with Gasteiger partial charge in [0.15, 0.2) is 23.4 Å². The quantitative estimate of drug-likeness (QED) is 0.385. The van der Waals surface area contributed by atoms with E-state index >= 15 is 0 Å². The number of allylic oxidation sites excluding steroid dienone is 2. The van der Waals surface area contributed by atoms with Crippen LogP contribution in [0.15, 0.2) is 41.5 Å². The third-order valence-corrected chi connectivity index (χ3v) is 8.79. The number of anilines is 1. The maximum absolute atomic E-state index is 14.2. The lowest BCUT2D eigenvalue weighted by Gasteiger charge is -2.36. The summed E-state index contributed by atoms with van der Waals surface area (Å²) in [4.78, 5) is 40.8. The normalized spacial score (nSPS) is 32.1. The number of phenols is 1. The first-order valence-corrected chi connectivity index (χ1v) is 15.9. The summed E-state index contributed by atoms with van der Waals surface area (Å²) in [5.74, 6) is -1.42. The fourth-order valence-electron chi connectivity index (χ4n) is 6.34. The summed E-state index contributed by atoms with van der Waals surface area (Å²) in [6, 6.07) is 0.724. The number of ketones is 1. The van der Waals surface area contributed by atoms with Gasteiger partial charge >= 0.3 is 6.09 Å². The number of Topliss-reactive ketones (excluding diaryl/α,β-unsaturated/α-hetero) is 1. The summed E-state index contributed by atoms with van der Waals surface area (Å²) in [6.07, 6.45) is 1.46. The highest BCUT2D eigenvalue weighted by Crippen LogP contribution is 2.48. The number of nitrogens with two attached hydrogens (primary N) is 1. The molecule has 2 heterocycles. The standard InChI is InChI=1S/C35H50N2O11/c1-18-13-23-31-24(17-25(38)32(23)45-8)37(22(5)16-26(39)34(46-9)47-31)33(41)19(2)11-10-12-27(43-6)30(48-35(36)42)21(4)15-20(3)29(40)28(14-18)44-7/h10-12,15,17-18,20,22,27-30,34,38,40H,13-14,16H2,1-9H3,(H2,36,42)/b12-10-,19-11+,21-15+/t18-,20+,22-,27+,28+,29-,30+,34-/m1/s1. The van der Waals surface area contributed by atoms with Crippen molar-refractivity contribution >= 4 is 23.5 Å². The molecule has 4 N–H and O–H groups in total. The van der Waals surface area contributed by atoms with Crippen molar-refractivity contribution in [2.24, 2.45) is 17.6 Å². The highest BCUT2D eigenvalue weighted by Gasteiger charge is 2.38. The summed E-state index contributed by atoms with van der Waals surface area (Å²) in [7, 11) is 5.72. The Morgan fingerprint density at radius 2 is 1.73 bits per heavy atom. The molecule has 2 amide bonds. The number of aromatic hydroxyl groups is 1. The molecule has 2 aliphatic rings. The van der Waals surface area contributed by atoms with E-state index in [4.69, 9.17) is 34.2 Å². The van der Waals surface area contributed by atoms with Crippen LogP contribution in [0.2, 0.25) is 0 Å². The third kappa shape index (κ3) is 8.76. The first kappa shape index (κ1) is 38.5. The van der Waals surface area contributed by atoms with Crippen LogP contribution in [-0.2, 0) is 35.0 Å². The van der Waals surface area contributed by atoms with E-state index in [2.05, 4.69) is 0 Å². The van der Waals surface area contributed by atoms with Crippen molar-refractivity contribution in [3.05, 3.63) is 47.1 Å². The number of nitrogens with zero attached hydrogens (tertiary/aromatic N) is 1. The van der Waals surface area contributed by atoms with Gasteiger partial charge in [-0.1, -0.05) is 38.2 Å². The average Bonchev–Trinajstić information content (AvgIpc) is 3.02. The van der Waals surface area contributed by atoms with Crippen molar-refractivity contribution in [3.8, 4) is 17.2 Å². The van der Waals surface area contributed by atoms with Gasteiger partial charge in [-0.2, -0.15) is 0 Å². The second kappa shape index (κ2) is 17.0. The SMILES string of the molecule is COc1c(O)cc2c3c1C[C@@H](C)C[C@H](OC)[C@H](O)[C@@H](C)/C=C(\C)[C@H](OC(N)=O)[C@@H](OC)/C=C\C=C(/C)C(=O)N2[C@H](C)CC(=O)[C@H](OC)O3. The molecule has 0 aliphatic carbocycles. The summed E-state index contributed by atoms with van der Waals surface area (Å²) >= 11 is 0. The van der Waals surface area contributed by atoms with Gasteiger partial charge in [0, 0.05) is 56.9 Å². The minimum Gasteiger partial charge on any atom is -0.504 e. The number of hydrogen-bond donors (Lipinski definition) is 3. The predicted octanol–water partition coefficient (Wildman–Crippen LogP) is 3.97. The summed E-state index contributed by atoms with van der Waals surface area (Å²) in [5, 5.41) is 22.7. The van der Waals surface area contributed by atoms with E-state index in [0.29, 0.717) is 17.6 Å². The Morgan fingerprint density at radius 1 is 1.04 bits per heavy atom. The number of primary amides is 1. The van der Waals surface area contributed by atoms with Crippen LogP contribution in [0.5, 0.6) is 17.2 Å². The maximum Gasteiger partial charge on any atom is 0.405 e. The number of ether oxygens (including phenoxy) is 6. The van der Waals surface area contributed by atoms with Crippen LogP contribution < -0.4 is 20.1 Å². The number of benzene rings is 1. The van der Waals surface area contributed by atoms with Crippen molar-refractivity contribution in [2.45, 2.75) is 90.6 Å². The number of aliphatic hydroxyl groups is 1. The Kier molecular flexibility index (Phi) is 13.6. The molecule has 0 saturated heterocycles. The zero-order valence-electron chi connectivity index (χ0n) is 29.2. The number of hydrogen-bond acceptors (Lipinski definition) is 11. The van der Waals surface area contributed by atoms with E-state index in [0.717, 1.165) is 0 Å². The van der Waals surface area contributed by atoms with Crippen LogP contribution in [0.1, 0.15) is 53.0 Å². The van der Waals surface area contributed by atoms with Gasteiger partial charge in [0.25, 0.3) is 12.2 Å². The summed E-state index contributed by atoms with van der Waals surface area (Å²) in [5.41, 5.74) is 6.94. The van der Waals surface area contributed by atoms with Crippen LogP contribution in [0.3, 0.4) is 0 Å². The van der Waals surface area contributed by atoms with E-state index in [-0.39, 0.29) is 53.1 Å². The van der Waals surface area contributed by atoms with Gasteiger partial charge < -0.3 is 49.3 Å². The van der Waals surface area contributed by atoms with Crippen molar-refractivity contribution in [1.29, 1.82) is 0 Å². The fourth-order valence-corrected chi connectivity index (χ4v) is 6.34. The molecule has 0 saturated carbocycles. The number of methoxy groups -OCH3 is 4. The Bertz CT molecular complexity index is 1420. The minimum atomic E-state index is -1.26. The average molecular weight is 675 g/mol. The van der Waals surface area contributed by atoms with Gasteiger partial charge in [0.2, 0.25) is 5.78 Å². The predicted molar refractivity (Wildman–Crippen MR) is 178 cm³/mol. The van der Waals surface area contributed by atoms with E-state index in [1.165, 1.54) is 39.4 Å². The van der Waals surface area contributed by atoms with Crippen molar-refractivity contribution in [1.82, 2.24) is 0 Å². The molecule has 8 atom stereocenters. The Labute approximate surface area is 282 Å². The number of phenolic OH excluding ortho intramolecular Hbond substituents is 1. The first-order valence-electron chi connectivity index (χ1n) is 15.9. The lowest BCUT2D eigenvalue weighted by molar-refractivity contribution is -0.146. The molecule has 0 radical (unpaired) electrons. The van der Waals surface area contributed by atoms with Gasteiger partial charge in [-0.05, 0) is 45.1 Å². The molecule has 2 aliphatic heterocycles. The van der Waals surface area contributed by atoms with E-state index in [1.807, 2.05) is 13.8 Å². The molecule has 3 rings (SSSR count). The Hall–Kier alpha value is -3.91. The summed E-state index contributed by atoms with van der Waals surface area (Å²) in [6.45, 7) is 8.85. The number of carbonyl (C=O) groups excluding carboxylic acids is 3. The first-order chi connectivity index (χ1) is 22.7. The zero-order valence-corrected chi connectivity index (χ0v) is 29.2. The third-order valence-electron chi connectivity index (χ3n) is 8.79. The smallest absolute Gasteiger partial charge is 0.405 e. The number of amides is 2. The van der Waals surface area contributed by atoms with Gasteiger partial charge in [0.05, 0.1) is 25.0 Å². The maximum atomic E-state index is 14.2. The molecule has 1 aromatic carbocycles. The molecule has 0 aromatic heterocycles. The molecule has 13 heteroatoms. The molecule has 13 nitrogen and oxygen atoms in total. The molecule has 1 aromatic rings. The molecule has 48 heavy (non-hydrogen) atoms. The second-order valence-corrected chi connectivity index (χ2v) is 12.5. The molecule has 0 spiro atoms. The largest absolute Gasteiger partial charge is 0.504 e. The van der Waals surface area contributed by atoms with Crippen molar-refractivity contribution < 1.29 is 53.0 Å². The minimum absolute atomic E-state index is 0.0829. The molecule has 4 bridgehead atoms. The lowest BCUT2D eigenvalue weighted by Crippen LogP contribution is -2.45. The van der Waals surface area contributed by atoms with Gasteiger partial charge in [-0.25, -0.2) is 4.79 Å². The van der Waals surface area contributed by atoms with E-state index in [9.17, 15) is 24.6 Å². The van der Waals surface area contributed by atoms with Gasteiger partial charge in [-0.3, -0.25) is 9.59 Å². The van der Waals surface area contributed by atoms with Crippen molar-refractivity contribution in [2.75, 3.05) is 33.3 Å². The van der Waals surface area contributed by atoms with Crippen LogP contribution in [0.25, 0.3) is 0 Å². The van der Waals surface area contributed by atoms with Crippen LogP contribution in [-0.4, -0.2) is 93.2 Å². The summed E-state index contributed by atoms with van der Waals surface area (Å²) < 4.78 is 34.1. The van der Waals surface area contributed by atoms with Gasteiger partial charge in [-0.15, -0.1) is 0 Å². The van der Waals surface area contributed by atoms with Crippen molar-refractivity contribution in [3.63, 3.8) is 0 Å². The number of rotatable bonds is 5. The topological polar surface area (TPSA) is 176 Å². The van der Waals surface area contributed by atoms with E-state index < -0.39 is 54.7 Å². The second-order valence-electron chi connectivity index (χ2n) is 12.5. The van der Waals surface area contributed by atoms with Gasteiger partial charge in [0.1, 0.15) is 6.10 Å².